The molecule has 3 aromatic rings. The third-order valence-corrected chi connectivity index (χ3v) is 3.23. The quantitative estimate of drug-likeness (QED) is 0.780. The molecule has 0 spiro atoms. The van der Waals surface area contributed by atoms with Gasteiger partial charge in [0.25, 0.3) is 5.91 Å². The van der Waals surface area contributed by atoms with Crippen molar-refractivity contribution in [1.82, 2.24) is 9.97 Å². The summed E-state index contributed by atoms with van der Waals surface area (Å²) in [4.78, 5) is 20.4. The molecule has 4 nitrogen and oxygen atoms in total. The summed E-state index contributed by atoms with van der Waals surface area (Å²) in [5.41, 5.74) is -0.193. The van der Waals surface area contributed by atoms with Crippen LogP contribution in [0.2, 0.25) is 0 Å². The van der Waals surface area contributed by atoms with Gasteiger partial charge in [0.2, 0.25) is 0 Å². The Balaban J connectivity index is 1.86. The molecule has 0 aliphatic carbocycles. The fourth-order valence-electron chi connectivity index (χ4n) is 2.09. The van der Waals surface area contributed by atoms with Crippen LogP contribution in [-0.2, 0) is 6.18 Å². The van der Waals surface area contributed by atoms with Crippen LogP contribution < -0.4 is 5.32 Å². The normalized spacial score (nSPS) is 11.4. The SMILES string of the molecule is O=C(Nc1nccc2cccnc12)c1ccc(C(F)(F)F)cc1. The Bertz CT molecular complexity index is 855. The molecule has 0 radical (unpaired) electrons. The summed E-state index contributed by atoms with van der Waals surface area (Å²) < 4.78 is 37.6. The number of carbonyl (C=O) groups excluding carboxylic acids is 1. The summed E-state index contributed by atoms with van der Waals surface area (Å²) in [6.07, 6.45) is -1.35. The molecular formula is C16H10F3N3O. The maximum Gasteiger partial charge on any atom is 0.416 e. The summed E-state index contributed by atoms with van der Waals surface area (Å²) in [5.74, 6) is -0.294. The lowest BCUT2D eigenvalue weighted by Crippen LogP contribution is -2.14. The number of hydrogen-bond donors (Lipinski definition) is 1. The fraction of sp³-hybridized carbons (Fsp3) is 0.0625. The highest BCUT2D eigenvalue weighted by molar-refractivity contribution is 6.07. The predicted molar refractivity (Wildman–Crippen MR) is 78.9 cm³/mol. The number of benzene rings is 1. The van der Waals surface area contributed by atoms with Crippen molar-refractivity contribution in [1.29, 1.82) is 0 Å². The Morgan fingerprint density at radius 2 is 1.70 bits per heavy atom. The van der Waals surface area contributed by atoms with Gasteiger partial charge >= 0.3 is 6.18 Å². The van der Waals surface area contributed by atoms with Crippen molar-refractivity contribution < 1.29 is 18.0 Å². The van der Waals surface area contributed by atoms with Crippen LogP contribution in [0.1, 0.15) is 15.9 Å². The number of carbonyl (C=O) groups is 1. The van der Waals surface area contributed by atoms with Crippen molar-refractivity contribution in [2.45, 2.75) is 6.18 Å². The van der Waals surface area contributed by atoms with Crippen molar-refractivity contribution >= 4 is 22.6 Å². The highest BCUT2D eigenvalue weighted by Gasteiger charge is 2.30. The molecule has 1 N–H and O–H groups in total. The van der Waals surface area contributed by atoms with Crippen LogP contribution in [0, 0.1) is 0 Å². The number of halogens is 3. The summed E-state index contributed by atoms with van der Waals surface area (Å²) in [7, 11) is 0. The zero-order valence-electron chi connectivity index (χ0n) is 11.6. The van der Waals surface area contributed by atoms with Gasteiger partial charge in [0, 0.05) is 23.3 Å². The molecule has 2 aromatic heterocycles. The number of anilines is 1. The van der Waals surface area contributed by atoms with E-state index in [-0.39, 0.29) is 11.4 Å². The summed E-state index contributed by atoms with van der Waals surface area (Å²) in [6.45, 7) is 0. The fourth-order valence-corrected chi connectivity index (χ4v) is 2.09. The molecule has 0 saturated heterocycles. The van der Waals surface area contributed by atoms with Gasteiger partial charge in [0.1, 0.15) is 5.52 Å². The van der Waals surface area contributed by atoms with E-state index in [4.69, 9.17) is 0 Å². The molecule has 2 heterocycles. The zero-order valence-corrected chi connectivity index (χ0v) is 11.6. The smallest absolute Gasteiger partial charge is 0.305 e. The Labute approximate surface area is 129 Å². The second-order valence-electron chi connectivity index (χ2n) is 4.76. The van der Waals surface area contributed by atoms with Gasteiger partial charge in [0.05, 0.1) is 5.56 Å². The minimum atomic E-state index is -4.43. The van der Waals surface area contributed by atoms with Gasteiger partial charge in [-0.05, 0) is 36.4 Å². The lowest BCUT2D eigenvalue weighted by Gasteiger charge is -2.09. The number of alkyl halides is 3. The predicted octanol–water partition coefficient (Wildman–Crippen LogP) is 3.90. The topological polar surface area (TPSA) is 54.9 Å². The highest BCUT2D eigenvalue weighted by Crippen LogP contribution is 2.29. The number of hydrogen-bond acceptors (Lipinski definition) is 3. The Morgan fingerprint density at radius 1 is 0.957 bits per heavy atom. The van der Waals surface area contributed by atoms with Crippen molar-refractivity contribution in [3.05, 3.63) is 66.0 Å². The van der Waals surface area contributed by atoms with E-state index in [9.17, 15) is 18.0 Å². The number of rotatable bonds is 2. The van der Waals surface area contributed by atoms with Crippen LogP contribution in [0.3, 0.4) is 0 Å². The lowest BCUT2D eigenvalue weighted by molar-refractivity contribution is -0.137. The average Bonchev–Trinajstić information content (AvgIpc) is 2.54. The summed E-state index contributed by atoms with van der Waals surface area (Å²) in [6, 6.07) is 9.29. The van der Waals surface area contributed by atoms with E-state index < -0.39 is 17.6 Å². The monoisotopic (exact) mass is 317 g/mol. The van der Waals surface area contributed by atoms with Crippen LogP contribution in [0.4, 0.5) is 19.0 Å². The Kier molecular flexibility index (Phi) is 3.69. The van der Waals surface area contributed by atoms with E-state index in [1.165, 1.54) is 6.20 Å². The standard InChI is InChI=1S/C16H10F3N3O/c17-16(18,19)12-5-3-11(4-6-12)15(23)22-14-13-10(7-9-21-14)2-1-8-20-13/h1-9H,(H,21,22,23). The average molecular weight is 317 g/mol. The van der Waals surface area contributed by atoms with Crippen molar-refractivity contribution in [2.75, 3.05) is 5.32 Å². The second-order valence-corrected chi connectivity index (χ2v) is 4.76. The molecule has 1 aromatic carbocycles. The molecule has 0 atom stereocenters. The largest absolute Gasteiger partial charge is 0.416 e. The molecule has 0 saturated carbocycles. The number of nitrogens with zero attached hydrogens (tertiary/aromatic N) is 2. The molecular weight excluding hydrogens is 307 g/mol. The first-order valence-corrected chi connectivity index (χ1v) is 6.63. The second kappa shape index (κ2) is 5.68. The van der Waals surface area contributed by atoms with Crippen LogP contribution in [-0.4, -0.2) is 15.9 Å². The minimum Gasteiger partial charge on any atom is -0.305 e. The van der Waals surface area contributed by atoms with Crippen molar-refractivity contribution in [3.8, 4) is 0 Å². The van der Waals surface area contributed by atoms with Gasteiger partial charge in [-0.3, -0.25) is 9.78 Å². The molecule has 0 aliphatic rings. The van der Waals surface area contributed by atoms with Crippen LogP contribution >= 0.6 is 0 Å². The van der Waals surface area contributed by atoms with E-state index >= 15 is 0 Å². The van der Waals surface area contributed by atoms with Crippen molar-refractivity contribution in [2.24, 2.45) is 0 Å². The maximum atomic E-state index is 12.5. The molecule has 1 amide bonds. The third kappa shape index (κ3) is 3.13. The molecule has 0 unspecified atom stereocenters. The zero-order chi connectivity index (χ0) is 16.4. The molecule has 23 heavy (non-hydrogen) atoms. The van der Waals surface area contributed by atoms with Gasteiger partial charge in [-0.1, -0.05) is 6.07 Å². The summed E-state index contributed by atoms with van der Waals surface area (Å²) in [5, 5.41) is 3.36. The molecule has 0 aliphatic heterocycles. The van der Waals surface area contributed by atoms with Crippen LogP contribution in [0.5, 0.6) is 0 Å². The molecule has 0 bridgehead atoms. The first-order chi connectivity index (χ1) is 10.9. The third-order valence-electron chi connectivity index (χ3n) is 3.23. The minimum absolute atomic E-state index is 0.104. The molecule has 0 fully saturated rings. The molecule has 7 heteroatoms. The maximum absolute atomic E-state index is 12.5. The number of pyridine rings is 2. The molecule has 116 valence electrons. The van der Waals surface area contributed by atoms with E-state index in [1.54, 1.807) is 18.3 Å². The number of aromatic nitrogens is 2. The Morgan fingerprint density at radius 3 is 2.39 bits per heavy atom. The highest BCUT2D eigenvalue weighted by atomic mass is 19.4. The Hall–Kier alpha value is -2.96. The van der Waals surface area contributed by atoms with Gasteiger partial charge in [-0.15, -0.1) is 0 Å². The van der Waals surface area contributed by atoms with E-state index in [0.717, 1.165) is 29.7 Å². The number of amides is 1. The van der Waals surface area contributed by atoms with Crippen LogP contribution in [0.25, 0.3) is 10.9 Å². The molecule has 3 rings (SSSR count). The van der Waals surface area contributed by atoms with Crippen LogP contribution in [0.15, 0.2) is 54.9 Å². The number of nitrogens with one attached hydrogen (secondary N) is 1. The van der Waals surface area contributed by atoms with Gasteiger partial charge in [0.15, 0.2) is 5.82 Å². The summed E-state index contributed by atoms with van der Waals surface area (Å²) >= 11 is 0. The van der Waals surface area contributed by atoms with E-state index in [2.05, 4.69) is 15.3 Å². The lowest BCUT2D eigenvalue weighted by atomic mass is 10.1. The first kappa shape index (κ1) is 15.0. The first-order valence-electron chi connectivity index (χ1n) is 6.63. The van der Waals surface area contributed by atoms with Gasteiger partial charge in [-0.2, -0.15) is 13.2 Å². The van der Waals surface area contributed by atoms with Gasteiger partial charge in [-0.25, -0.2) is 4.98 Å². The van der Waals surface area contributed by atoms with Gasteiger partial charge < -0.3 is 5.32 Å². The van der Waals surface area contributed by atoms with Crippen molar-refractivity contribution in [3.63, 3.8) is 0 Å². The number of fused-ring (bicyclic) bond motifs is 1. The van der Waals surface area contributed by atoms with E-state index in [0.29, 0.717) is 5.52 Å². The van der Waals surface area contributed by atoms with E-state index in [1.807, 2.05) is 6.07 Å².